The van der Waals surface area contributed by atoms with Gasteiger partial charge >= 0.3 is 7.82 Å². The summed E-state index contributed by atoms with van der Waals surface area (Å²) < 4.78 is 21.6. The molecule has 0 bridgehead atoms. The molecule has 2 aromatic carbocycles. The number of carbonyl (C=O) groups excluding carboxylic acids is 2. The molecule has 1 aliphatic heterocycles. The van der Waals surface area contributed by atoms with E-state index in [4.69, 9.17) is 9.05 Å². The Bertz CT molecular complexity index is 803. The minimum Gasteiger partial charge on any atom is -0.302 e. The Kier molecular flexibility index (Phi) is 5.11. The minimum absolute atomic E-state index is 0.0817. The molecule has 0 fully saturated rings. The van der Waals surface area contributed by atoms with E-state index in [0.717, 1.165) is 10.5 Å². The summed E-state index contributed by atoms with van der Waals surface area (Å²) in [6.07, 6.45) is 0. The van der Waals surface area contributed by atoms with Crippen LogP contribution in [0.4, 0.5) is 0 Å². The maximum atomic E-state index is 12.2. The molecule has 25 heavy (non-hydrogen) atoms. The number of hydrogen-bond acceptors (Lipinski definition) is 5. The second-order valence-corrected chi connectivity index (χ2v) is 6.82. The van der Waals surface area contributed by atoms with Gasteiger partial charge in [-0.05, 0) is 17.7 Å². The number of phosphoric acid groups is 1. The van der Waals surface area contributed by atoms with E-state index in [1.165, 1.54) is 0 Å². The van der Waals surface area contributed by atoms with E-state index in [0.29, 0.717) is 11.1 Å². The number of hydrogen-bond donors (Lipinski definition) is 1. The maximum Gasteiger partial charge on any atom is 0.472 e. The lowest BCUT2D eigenvalue weighted by atomic mass is 10.1. The summed E-state index contributed by atoms with van der Waals surface area (Å²) >= 11 is 0. The van der Waals surface area contributed by atoms with Crippen molar-refractivity contribution < 1.29 is 28.1 Å². The van der Waals surface area contributed by atoms with Crippen molar-refractivity contribution >= 4 is 19.6 Å². The van der Waals surface area contributed by atoms with Gasteiger partial charge in [0.2, 0.25) is 0 Å². The molecule has 1 heterocycles. The zero-order chi connectivity index (χ0) is 17.9. The molecular formula is C17H16NO6P. The number of phosphoric ester groups is 1. The first kappa shape index (κ1) is 17.5. The van der Waals surface area contributed by atoms with Gasteiger partial charge in [0.1, 0.15) is 0 Å². The third-order valence-corrected chi connectivity index (χ3v) is 4.65. The Morgan fingerprint density at radius 1 is 0.880 bits per heavy atom. The first-order valence-corrected chi connectivity index (χ1v) is 9.08. The fourth-order valence-electron chi connectivity index (χ4n) is 2.46. The number of fused-ring (bicyclic) bond motifs is 1. The van der Waals surface area contributed by atoms with Gasteiger partial charge in [0.15, 0.2) is 0 Å². The smallest absolute Gasteiger partial charge is 0.302 e. The Balaban J connectivity index is 1.52. The first-order valence-electron chi connectivity index (χ1n) is 7.59. The molecule has 0 aliphatic carbocycles. The van der Waals surface area contributed by atoms with Crippen LogP contribution >= 0.6 is 7.82 Å². The van der Waals surface area contributed by atoms with Crippen molar-refractivity contribution in [3.63, 3.8) is 0 Å². The monoisotopic (exact) mass is 361 g/mol. The predicted octanol–water partition coefficient (Wildman–Crippen LogP) is 2.62. The maximum absolute atomic E-state index is 12.2. The number of rotatable bonds is 7. The number of imide groups is 1. The van der Waals surface area contributed by atoms with Crippen LogP contribution in [0.15, 0.2) is 54.6 Å². The summed E-state index contributed by atoms with van der Waals surface area (Å²) in [6, 6.07) is 15.4. The van der Waals surface area contributed by atoms with Gasteiger partial charge in [0.25, 0.3) is 11.8 Å². The SMILES string of the molecule is O=C1c2ccccc2C(=O)N1CCOP(=O)(O)OCc1ccccc1. The molecule has 8 heteroatoms. The fourth-order valence-corrected chi connectivity index (χ4v) is 3.16. The molecule has 2 aromatic rings. The topological polar surface area (TPSA) is 93.1 Å². The highest BCUT2D eigenvalue weighted by Crippen LogP contribution is 2.44. The van der Waals surface area contributed by atoms with Gasteiger partial charge in [-0.25, -0.2) is 4.57 Å². The van der Waals surface area contributed by atoms with Gasteiger partial charge in [-0.15, -0.1) is 0 Å². The lowest BCUT2D eigenvalue weighted by Crippen LogP contribution is -2.32. The molecule has 1 unspecified atom stereocenters. The molecule has 1 aliphatic rings. The number of nitrogens with zero attached hydrogens (tertiary/aromatic N) is 1. The van der Waals surface area contributed by atoms with Crippen LogP contribution in [0.25, 0.3) is 0 Å². The van der Waals surface area contributed by atoms with E-state index in [-0.39, 0.29) is 19.8 Å². The van der Waals surface area contributed by atoms with Crippen LogP contribution < -0.4 is 0 Å². The van der Waals surface area contributed by atoms with Gasteiger partial charge in [-0.3, -0.25) is 23.5 Å². The van der Waals surface area contributed by atoms with Gasteiger partial charge in [-0.1, -0.05) is 42.5 Å². The molecule has 0 spiro atoms. The van der Waals surface area contributed by atoms with Crippen molar-refractivity contribution in [2.75, 3.05) is 13.2 Å². The minimum atomic E-state index is -4.28. The van der Waals surface area contributed by atoms with Crippen molar-refractivity contribution in [2.45, 2.75) is 6.61 Å². The van der Waals surface area contributed by atoms with Crippen molar-refractivity contribution in [1.29, 1.82) is 0 Å². The molecule has 3 rings (SSSR count). The van der Waals surface area contributed by atoms with Gasteiger partial charge in [0.05, 0.1) is 30.9 Å². The van der Waals surface area contributed by atoms with Gasteiger partial charge in [-0.2, -0.15) is 0 Å². The first-order chi connectivity index (χ1) is 12.0. The van der Waals surface area contributed by atoms with Crippen LogP contribution in [-0.4, -0.2) is 34.8 Å². The van der Waals surface area contributed by atoms with E-state index in [9.17, 15) is 19.0 Å². The fraction of sp³-hybridized carbons (Fsp3) is 0.176. The van der Waals surface area contributed by atoms with E-state index < -0.39 is 19.6 Å². The van der Waals surface area contributed by atoms with Crippen molar-refractivity contribution in [3.8, 4) is 0 Å². The lowest BCUT2D eigenvalue weighted by molar-refractivity contribution is 0.0607. The Labute approximate surface area is 144 Å². The third kappa shape index (κ3) is 4.03. The molecule has 1 N–H and O–H groups in total. The van der Waals surface area contributed by atoms with Crippen LogP contribution in [0.1, 0.15) is 26.3 Å². The molecular weight excluding hydrogens is 345 g/mol. The Morgan fingerprint density at radius 3 is 2.04 bits per heavy atom. The number of carbonyl (C=O) groups is 2. The molecule has 7 nitrogen and oxygen atoms in total. The summed E-state index contributed by atoms with van der Waals surface area (Å²) in [5.41, 5.74) is 1.36. The summed E-state index contributed by atoms with van der Waals surface area (Å²) in [4.78, 5) is 35.0. The summed E-state index contributed by atoms with van der Waals surface area (Å²) in [6.45, 7) is -0.513. The van der Waals surface area contributed by atoms with Crippen LogP contribution in [0.2, 0.25) is 0 Å². The second-order valence-electron chi connectivity index (χ2n) is 5.37. The van der Waals surface area contributed by atoms with Crippen LogP contribution in [0.3, 0.4) is 0 Å². The van der Waals surface area contributed by atoms with E-state index in [1.807, 2.05) is 6.07 Å². The van der Waals surface area contributed by atoms with Crippen LogP contribution in [-0.2, 0) is 20.2 Å². The molecule has 0 saturated heterocycles. The van der Waals surface area contributed by atoms with E-state index >= 15 is 0 Å². The largest absolute Gasteiger partial charge is 0.472 e. The Morgan fingerprint density at radius 2 is 1.44 bits per heavy atom. The predicted molar refractivity (Wildman–Crippen MR) is 88.8 cm³/mol. The molecule has 0 saturated carbocycles. The summed E-state index contributed by atoms with van der Waals surface area (Å²) in [5.74, 6) is -0.885. The molecule has 130 valence electrons. The summed E-state index contributed by atoms with van der Waals surface area (Å²) in [5, 5.41) is 0. The zero-order valence-electron chi connectivity index (χ0n) is 13.2. The number of benzene rings is 2. The summed E-state index contributed by atoms with van der Waals surface area (Å²) in [7, 11) is -4.28. The highest BCUT2D eigenvalue weighted by atomic mass is 31.2. The van der Waals surface area contributed by atoms with Crippen LogP contribution in [0.5, 0.6) is 0 Å². The van der Waals surface area contributed by atoms with E-state index in [1.54, 1.807) is 48.5 Å². The third-order valence-electron chi connectivity index (χ3n) is 3.68. The highest BCUT2D eigenvalue weighted by molar-refractivity contribution is 7.47. The van der Waals surface area contributed by atoms with Gasteiger partial charge in [0, 0.05) is 0 Å². The average Bonchev–Trinajstić information content (AvgIpc) is 2.86. The normalized spacial score (nSPS) is 16.0. The quantitative estimate of drug-likeness (QED) is 0.602. The number of amides is 2. The van der Waals surface area contributed by atoms with Gasteiger partial charge < -0.3 is 4.89 Å². The van der Waals surface area contributed by atoms with Crippen molar-refractivity contribution in [2.24, 2.45) is 0 Å². The highest BCUT2D eigenvalue weighted by Gasteiger charge is 2.35. The molecule has 1 atom stereocenters. The zero-order valence-corrected chi connectivity index (χ0v) is 14.1. The average molecular weight is 361 g/mol. The van der Waals surface area contributed by atoms with E-state index in [2.05, 4.69) is 0 Å². The molecule has 0 radical (unpaired) electrons. The Hall–Kier alpha value is -2.31. The second kappa shape index (κ2) is 7.29. The van der Waals surface area contributed by atoms with Crippen LogP contribution in [0, 0.1) is 0 Å². The van der Waals surface area contributed by atoms with Crippen molar-refractivity contribution in [3.05, 3.63) is 71.3 Å². The standard InChI is InChI=1S/C17H16NO6P/c19-16-14-8-4-5-9-15(14)17(20)18(16)10-11-23-25(21,22)24-12-13-6-2-1-3-7-13/h1-9H,10-12H2,(H,21,22). The molecule has 2 amide bonds. The van der Waals surface area contributed by atoms with Crippen molar-refractivity contribution in [1.82, 2.24) is 4.90 Å². The molecule has 0 aromatic heterocycles. The lowest BCUT2D eigenvalue weighted by Gasteiger charge is -2.16.